The summed E-state index contributed by atoms with van der Waals surface area (Å²) in [5.41, 5.74) is 1.15. The van der Waals surface area contributed by atoms with Crippen LogP contribution in [0.25, 0.3) is 0 Å². The van der Waals surface area contributed by atoms with Gasteiger partial charge in [0.25, 0.3) is 0 Å². The Balaban J connectivity index is 1.47. The molecule has 1 unspecified atom stereocenters. The zero-order chi connectivity index (χ0) is 14.7. The number of aromatic nitrogens is 2. The maximum Gasteiger partial charge on any atom is 0.224 e. The lowest BCUT2D eigenvalue weighted by Crippen LogP contribution is -2.50. The van der Waals surface area contributed by atoms with Crippen LogP contribution in [-0.4, -0.2) is 70.9 Å². The van der Waals surface area contributed by atoms with E-state index in [4.69, 9.17) is 0 Å². The highest BCUT2D eigenvalue weighted by atomic mass is 32.2. The van der Waals surface area contributed by atoms with E-state index in [-0.39, 0.29) is 0 Å². The van der Waals surface area contributed by atoms with E-state index in [0.717, 1.165) is 49.9 Å². The number of hydrogen-bond donors (Lipinski definition) is 1. The molecule has 21 heavy (non-hydrogen) atoms. The summed E-state index contributed by atoms with van der Waals surface area (Å²) in [5, 5.41) is 7.64. The molecule has 7 heteroatoms. The number of anilines is 1. The molecule has 116 valence electrons. The first-order valence-corrected chi connectivity index (χ1v) is 8.70. The van der Waals surface area contributed by atoms with Gasteiger partial charge in [-0.15, -0.1) is 0 Å². The van der Waals surface area contributed by atoms with Gasteiger partial charge in [-0.05, 0) is 0 Å². The van der Waals surface area contributed by atoms with E-state index in [0.29, 0.717) is 18.4 Å². The summed E-state index contributed by atoms with van der Waals surface area (Å²) in [6.07, 6.45) is 4.56. The fraction of sp³-hybridized carbons (Fsp3) is 0.714. The van der Waals surface area contributed by atoms with E-state index in [1.54, 1.807) is 0 Å². The van der Waals surface area contributed by atoms with Crippen LogP contribution < -0.4 is 10.2 Å². The van der Waals surface area contributed by atoms with E-state index in [9.17, 15) is 4.79 Å². The van der Waals surface area contributed by atoms with Crippen LogP contribution >= 0.6 is 11.8 Å². The third kappa shape index (κ3) is 3.71. The minimum absolute atomic E-state index is 0.292. The van der Waals surface area contributed by atoms with Crippen molar-refractivity contribution in [3.05, 3.63) is 12.4 Å². The number of carbonyl (C=O) groups excluding carboxylic acids is 1. The van der Waals surface area contributed by atoms with Crippen LogP contribution in [0.15, 0.2) is 12.4 Å². The third-order valence-electron chi connectivity index (χ3n) is 4.11. The Morgan fingerprint density at radius 3 is 2.86 bits per heavy atom. The minimum Gasteiger partial charge on any atom is -0.365 e. The molecule has 0 radical (unpaired) electrons. The highest BCUT2D eigenvalue weighted by Crippen LogP contribution is 2.16. The van der Waals surface area contributed by atoms with E-state index in [1.807, 2.05) is 40.8 Å². The normalized spacial score (nSPS) is 23.4. The molecule has 2 fully saturated rings. The summed E-state index contributed by atoms with van der Waals surface area (Å²) in [5.74, 6) is 2.51. The molecule has 1 amide bonds. The second-order valence-corrected chi connectivity index (χ2v) is 6.82. The molecule has 2 saturated heterocycles. The number of nitrogens with one attached hydrogen (secondary N) is 1. The molecule has 3 heterocycles. The van der Waals surface area contributed by atoms with E-state index in [1.165, 1.54) is 0 Å². The Hall–Kier alpha value is -1.21. The Morgan fingerprint density at radius 1 is 1.43 bits per heavy atom. The van der Waals surface area contributed by atoms with Crippen molar-refractivity contribution in [2.24, 2.45) is 7.05 Å². The van der Waals surface area contributed by atoms with Gasteiger partial charge in [0.05, 0.1) is 11.9 Å². The van der Waals surface area contributed by atoms with Crippen molar-refractivity contribution in [3.63, 3.8) is 0 Å². The summed E-state index contributed by atoms with van der Waals surface area (Å²) >= 11 is 1.94. The maximum absolute atomic E-state index is 12.4. The van der Waals surface area contributed by atoms with Gasteiger partial charge in [0.2, 0.25) is 5.91 Å². The lowest BCUT2D eigenvalue weighted by Gasteiger charge is -2.36. The van der Waals surface area contributed by atoms with E-state index >= 15 is 0 Å². The highest BCUT2D eigenvalue weighted by molar-refractivity contribution is 7.99. The van der Waals surface area contributed by atoms with Crippen LogP contribution in [0, 0.1) is 0 Å². The summed E-state index contributed by atoms with van der Waals surface area (Å²) in [6, 6.07) is 0.354. The van der Waals surface area contributed by atoms with Gasteiger partial charge in [-0.2, -0.15) is 16.9 Å². The molecule has 0 saturated carbocycles. The van der Waals surface area contributed by atoms with Gasteiger partial charge in [0.15, 0.2) is 0 Å². The minimum atomic E-state index is 0.292. The molecule has 1 aromatic rings. The number of hydrogen-bond acceptors (Lipinski definition) is 5. The molecule has 2 aliphatic heterocycles. The van der Waals surface area contributed by atoms with Gasteiger partial charge < -0.3 is 15.1 Å². The van der Waals surface area contributed by atoms with Crippen LogP contribution in [0.3, 0.4) is 0 Å². The molecule has 2 aliphatic rings. The first kappa shape index (κ1) is 14.7. The van der Waals surface area contributed by atoms with Crippen LogP contribution in [0.4, 0.5) is 5.69 Å². The summed E-state index contributed by atoms with van der Waals surface area (Å²) < 4.78 is 1.82. The van der Waals surface area contributed by atoms with Crippen LogP contribution in [-0.2, 0) is 11.8 Å². The zero-order valence-corrected chi connectivity index (χ0v) is 13.3. The summed E-state index contributed by atoms with van der Waals surface area (Å²) in [4.78, 5) is 16.7. The Labute approximate surface area is 129 Å². The molecule has 0 aromatic carbocycles. The first-order chi connectivity index (χ1) is 10.2. The molecular weight excluding hydrogens is 286 g/mol. The van der Waals surface area contributed by atoms with E-state index in [2.05, 4.69) is 15.3 Å². The molecular formula is C14H23N5OS. The average molecular weight is 309 g/mol. The molecule has 1 N–H and O–H groups in total. The predicted octanol–water partition coefficient (Wildman–Crippen LogP) is 0.164. The predicted molar refractivity (Wildman–Crippen MR) is 85.7 cm³/mol. The standard InChI is InChI=1S/C14H23N5OS/c1-17-10-13(9-16-17)18-3-5-19(6-4-18)14(20)8-12-11-21-7-2-15-12/h9-10,12,15H,2-8,11H2,1H3. The zero-order valence-electron chi connectivity index (χ0n) is 12.5. The monoisotopic (exact) mass is 309 g/mol. The number of amides is 1. The number of thioether (sulfide) groups is 1. The molecule has 0 bridgehead atoms. The van der Waals surface area contributed by atoms with Crippen molar-refractivity contribution >= 4 is 23.4 Å². The maximum atomic E-state index is 12.4. The fourth-order valence-electron chi connectivity index (χ4n) is 2.88. The summed E-state index contributed by atoms with van der Waals surface area (Å²) in [6.45, 7) is 4.44. The van der Waals surface area contributed by atoms with Crippen molar-refractivity contribution in [3.8, 4) is 0 Å². The second kappa shape index (κ2) is 6.70. The molecule has 6 nitrogen and oxygen atoms in total. The fourth-order valence-corrected chi connectivity index (χ4v) is 3.83. The van der Waals surface area contributed by atoms with Crippen molar-refractivity contribution in [1.82, 2.24) is 20.0 Å². The van der Waals surface area contributed by atoms with Crippen LogP contribution in [0.5, 0.6) is 0 Å². The molecule has 0 aliphatic carbocycles. The van der Waals surface area contributed by atoms with Crippen LogP contribution in [0.1, 0.15) is 6.42 Å². The summed E-state index contributed by atoms with van der Waals surface area (Å²) in [7, 11) is 1.93. The number of piperazine rings is 1. The van der Waals surface area contributed by atoms with Crippen molar-refractivity contribution in [2.75, 3.05) is 49.1 Å². The van der Waals surface area contributed by atoms with Gasteiger partial charge in [-0.3, -0.25) is 9.48 Å². The van der Waals surface area contributed by atoms with Gasteiger partial charge in [-0.1, -0.05) is 0 Å². The Bertz CT molecular complexity index is 477. The molecule has 1 aromatic heterocycles. The highest BCUT2D eigenvalue weighted by Gasteiger charge is 2.24. The molecule has 3 rings (SSSR count). The molecule has 0 spiro atoms. The smallest absolute Gasteiger partial charge is 0.224 e. The van der Waals surface area contributed by atoms with E-state index < -0.39 is 0 Å². The molecule has 1 atom stereocenters. The van der Waals surface area contributed by atoms with Crippen molar-refractivity contribution in [2.45, 2.75) is 12.5 Å². The lowest BCUT2D eigenvalue weighted by atomic mass is 10.2. The number of carbonyl (C=O) groups is 1. The topological polar surface area (TPSA) is 53.4 Å². The third-order valence-corrected chi connectivity index (χ3v) is 5.24. The quantitative estimate of drug-likeness (QED) is 0.862. The number of nitrogens with zero attached hydrogens (tertiary/aromatic N) is 4. The first-order valence-electron chi connectivity index (χ1n) is 7.55. The SMILES string of the molecule is Cn1cc(N2CCN(C(=O)CC3CSCCN3)CC2)cn1. The van der Waals surface area contributed by atoms with Crippen molar-refractivity contribution < 1.29 is 4.79 Å². The van der Waals surface area contributed by atoms with Crippen LogP contribution in [0.2, 0.25) is 0 Å². The lowest BCUT2D eigenvalue weighted by molar-refractivity contribution is -0.131. The van der Waals surface area contributed by atoms with Gasteiger partial charge >= 0.3 is 0 Å². The second-order valence-electron chi connectivity index (χ2n) is 5.67. The largest absolute Gasteiger partial charge is 0.365 e. The average Bonchev–Trinajstić information content (AvgIpc) is 2.95. The van der Waals surface area contributed by atoms with Gasteiger partial charge in [0.1, 0.15) is 0 Å². The Morgan fingerprint density at radius 2 is 2.24 bits per heavy atom. The van der Waals surface area contributed by atoms with Gasteiger partial charge in [-0.25, -0.2) is 0 Å². The number of aryl methyl sites for hydroxylation is 1. The van der Waals surface area contributed by atoms with Crippen molar-refractivity contribution in [1.29, 1.82) is 0 Å². The number of rotatable bonds is 3. The van der Waals surface area contributed by atoms with Gasteiger partial charge in [0, 0.05) is 69.9 Å². The Kier molecular flexibility index (Phi) is 4.70.